The van der Waals surface area contributed by atoms with Crippen LogP contribution in [0.5, 0.6) is 0 Å². The van der Waals surface area contributed by atoms with E-state index in [0.717, 1.165) is 16.4 Å². The molecule has 1 amide bonds. The molecule has 0 spiro atoms. The number of carbonyl (C=O) groups excluding carboxylic acids is 1. The van der Waals surface area contributed by atoms with Gasteiger partial charge in [-0.05, 0) is 56.1 Å². The van der Waals surface area contributed by atoms with Crippen LogP contribution in [0.1, 0.15) is 21.5 Å². The molecule has 0 heterocycles. The van der Waals surface area contributed by atoms with Crippen molar-refractivity contribution in [2.75, 3.05) is 41.3 Å². The maximum absolute atomic E-state index is 13.1. The minimum atomic E-state index is -4.47. The number of halogens is 3. The second-order valence-corrected chi connectivity index (χ2v) is 9.69. The van der Waals surface area contributed by atoms with Crippen LogP contribution in [0.15, 0.2) is 53.4 Å². The molecule has 0 saturated heterocycles. The molecule has 31 heavy (non-hydrogen) atoms. The molecule has 170 valence electrons. The molecular weight excluding hydrogens is 431 g/mol. The molecule has 6 nitrogen and oxygen atoms in total. The Morgan fingerprint density at radius 1 is 0.935 bits per heavy atom. The van der Waals surface area contributed by atoms with Crippen LogP contribution in [0.3, 0.4) is 0 Å². The van der Waals surface area contributed by atoms with Crippen LogP contribution >= 0.6 is 0 Å². The van der Waals surface area contributed by atoms with Crippen LogP contribution in [0, 0.1) is 0 Å². The quantitative estimate of drug-likeness (QED) is 0.611. The van der Waals surface area contributed by atoms with E-state index >= 15 is 0 Å². The van der Waals surface area contributed by atoms with Crippen LogP contribution in [0.25, 0.3) is 0 Å². The molecule has 0 aliphatic heterocycles. The molecule has 0 aliphatic carbocycles. The van der Waals surface area contributed by atoms with Crippen molar-refractivity contribution >= 4 is 15.9 Å². The van der Waals surface area contributed by atoms with E-state index in [1.165, 1.54) is 55.4 Å². The maximum atomic E-state index is 13.1. The fourth-order valence-electron chi connectivity index (χ4n) is 2.80. The highest BCUT2D eigenvalue weighted by atomic mass is 32.2. The monoisotopic (exact) mass is 457 g/mol. The molecule has 2 aromatic carbocycles. The highest BCUT2D eigenvalue weighted by molar-refractivity contribution is 7.89. The molecule has 0 aliphatic rings. The first kappa shape index (κ1) is 24.8. The number of nitrogens with zero attached hydrogens (tertiary/aromatic N) is 3. The van der Waals surface area contributed by atoms with Crippen molar-refractivity contribution in [1.29, 1.82) is 0 Å². The van der Waals surface area contributed by atoms with Crippen LogP contribution in [0.4, 0.5) is 13.2 Å². The lowest BCUT2D eigenvalue weighted by atomic mass is 10.1. The van der Waals surface area contributed by atoms with E-state index in [2.05, 4.69) is 0 Å². The molecular formula is C21H26F3N3O3S. The highest BCUT2D eigenvalue weighted by Crippen LogP contribution is 2.30. The fourth-order valence-corrected chi connectivity index (χ4v) is 3.70. The first-order valence-corrected chi connectivity index (χ1v) is 10.9. The molecule has 0 radical (unpaired) electrons. The molecule has 2 rings (SSSR count). The van der Waals surface area contributed by atoms with Gasteiger partial charge in [-0.1, -0.05) is 12.1 Å². The van der Waals surface area contributed by atoms with E-state index in [4.69, 9.17) is 0 Å². The van der Waals surface area contributed by atoms with E-state index < -0.39 is 27.7 Å². The van der Waals surface area contributed by atoms with Gasteiger partial charge in [-0.15, -0.1) is 0 Å². The second kappa shape index (κ2) is 9.80. The van der Waals surface area contributed by atoms with Gasteiger partial charge < -0.3 is 9.80 Å². The third-order valence-corrected chi connectivity index (χ3v) is 6.44. The van der Waals surface area contributed by atoms with Gasteiger partial charge >= 0.3 is 6.18 Å². The Morgan fingerprint density at radius 3 is 2.06 bits per heavy atom. The van der Waals surface area contributed by atoms with Crippen molar-refractivity contribution in [2.24, 2.45) is 0 Å². The van der Waals surface area contributed by atoms with Crippen LogP contribution in [-0.4, -0.2) is 69.7 Å². The standard InChI is InChI=1S/C21H26F3N3O3S/c1-25(2)12-13-27(15-16-6-5-7-18(14-16)21(22,23)24)20(28)17-8-10-19(11-9-17)31(29,30)26(3)4/h5-11,14H,12-13,15H2,1-4H3. The molecule has 0 fully saturated rings. The lowest BCUT2D eigenvalue weighted by Crippen LogP contribution is -2.36. The summed E-state index contributed by atoms with van der Waals surface area (Å²) in [7, 11) is 2.84. The van der Waals surface area contributed by atoms with Crippen molar-refractivity contribution < 1.29 is 26.4 Å². The summed E-state index contributed by atoms with van der Waals surface area (Å²) in [6.07, 6.45) is -4.47. The van der Waals surface area contributed by atoms with Crippen molar-refractivity contribution in [3.8, 4) is 0 Å². The number of hydrogen-bond donors (Lipinski definition) is 0. The molecule has 0 bridgehead atoms. The summed E-state index contributed by atoms with van der Waals surface area (Å²) in [5, 5.41) is 0. The zero-order valence-corrected chi connectivity index (χ0v) is 18.7. The largest absolute Gasteiger partial charge is 0.416 e. The molecule has 0 N–H and O–H groups in total. The summed E-state index contributed by atoms with van der Waals surface area (Å²) in [5.74, 6) is -0.395. The summed E-state index contributed by atoms with van der Waals surface area (Å²) < 4.78 is 64.6. The summed E-state index contributed by atoms with van der Waals surface area (Å²) >= 11 is 0. The number of carbonyl (C=O) groups is 1. The minimum absolute atomic E-state index is 0.00561. The average molecular weight is 458 g/mol. The Balaban J connectivity index is 2.30. The van der Waals surface area contributed by atoms with E-state index in [0.29, 0.717) is 18.7 Å². The van der Waals surface area contributed by atoms with Gasteiger partial charge in [-0.25, -0.2) is 12.7 Å². The predicted octanol–water partition coefficient (Wildman–Crippen LogP) is 3.16. The third-order valence-electron chi connectivity index (χ3n) is 4.61. The zero-order valence-electron chi connectivity index (χ0n) is 17.8. The van der Waals surface area contributed by atoms with Gasteiger partial charge in [0.2, 0.25) is 10.0 Å². The van der Waals surface area contributed by atoms with Crippen molar-refractivity contribution in [1.82, 2.24) is 14.1 Å². The highest BCUT2D eigenvalue weighted by Gasteiger charge is 2.30. The van der Waals surface area contributed by atoms with Crippen LogP contribution < -0.4 is 0 Å². The maximum Gasteiger partial charge on any atom is 0.416 e. The van der Waals surface area contributed by atoms with Crippen molar-refractivity contribution in [3.05, 3.63) is 65.2 Å². The first-order chi connectivity index (χ1) is 14.3. The lowest BCUT2D eigenvalue weighted by molar-refractivity contribution is -0.137. The van der Waals surface area contributed by atoms with Crippen LogP contribution in [0.2, 0.25) is 0 Å². The number of amides is 1. The summed E-state index contributed by atoms with van der Waals surface area (Å²) in [4.78, 5) is 16.4. The van der Waals surface area contributed by atoms with Crippen molar-refractivity contribution in [2.45, 2.75) is 17.6 Å². The van der Waals surface area contributed by atoms with Gasteiger partial charge in [-0.3, -0.25) is 4.79 Å². The first-order valence-electron chi connectivity index (χ1n) is 9.45. The Labute approximate surface area is 180 Å². The fraction of sp³-hybridized carbons (Fsp3) is 0.381. The van der Waals surface area contributed by atoms with Gasteiger partial charge in [0.1, 0.15) is 0 Å². The third kappa shape index (κ3) is 6.52. The molecule has 0 saturated carbocycles. The number of hydrogen-bond acceptors (Lipinski definition) is 4. The predicted molar refractivity (Wildman–Crippen MR) is 112 cm³/mol. The Kier molecular flexibility index (Phi) is 7.85. The van der Waals surface area contributed by atoms with Gasteiger partial charge in [0.15, 0.2) is 0 Å². The van der Waals surface area contributed by atoms with Gasteiger partial charge in [0.25, 0.3) is 5.91 Å². The Bertz CT molecular complexity index is 1000. The SMILES string of the molecule is CN(C)CCN(Cc1cccc(C(F)(F)F)c1)C(=O)c1ccc(S(=O)(=O)N(C)C)cc1. The van der Waals surface area contributed by atoms with E-state index in [1.54, 1.807) is 0 Å². The van der Waals surface area contributed by atoms with Gasteiger partial charge in [0, 0.05) is 39.3 Å². The number of sulfonamides is 1. The van der Waals surface area contributed by atoms with Crippen LogP contribution in [-0.2, 0) is 22.7 Å². The molecule has 0 atom stereocenters. The summed E-state index contributed by atoms with van der Waals surface area (Å²) in [6, 6.07) is 10.4. The van der Waals surface area contributed by atoms with E-state index in [-0.39, 0.29) is 17.0 Å². The van der Waals surface area contributed by atoms with Gasteiger partial charge in [-0.2, -0.15) is 13.2 Å². The smallest absolute Gasteiger partial charge is 0.333 e. The summed E-state index contributed by atoms with van der Waals surface area (Å²) in [6.45, 7) is 0.798. The van der Waals surface area contributed by atoms with E-state index in [1.807, 2.05) is 19.0 Å². The topological polar surface area (TPSA) is 60.9 Å². The molecule has 0 aromatic heterocycles. The van der Waals surface area contributed by atoms with E-state index in [9.17, 15) is 26.4 Å². The summed E-state index contributed by atoms with van der Waals surface area (Å²) in [5.41, 5.74) is -0.166. The Morgan fingerprint density at radius 2 is 1.55 bits per heavy atom. The molecule has 10 heteroatoms. The van der Waals surface area contributed by atoms with Crippen molar-refractivity contribution in [3.63, 3.8) is 0 Å². The number of likely N-dealkylation sites (N-methyl/N-ethyl adjacent to an activating group) is 1. The molecule has 0 unspecified atom stereocenters. The average Bonchev–Trinajstić information content (AvgIpc) is 2.70. The molecule has 2 aromatic rings. The number of alkyl halides is 3. The Hall–Kier alpha value is -2.43. The second-order valence-electron chi connectivity index (χ2n) is 7.54. The minimum Gasteiger partial charge on any atom is -0.333 e. The number of rotatable bonds is 8. The number of benzene rings is 2. The normalized spacial score (nSPS) is 12.4. The van der Waals surface area contributed by atoms with Gasteiger partial charge in [0.05, 0.1) is 10.5 Å². The zero-order chi connectivity index (χ0) is 23.4. The lowest BCUT2D eigenvalue weighted by Gasteiger charge is -2.25.